The molecule has 5 aliphatic rings. The molecule has 0 heterocycles. The molecule has 0 aromatic rings. The second-order valence-electron chi connectivity index (χ2n) is 15.3. The zero-order valence-electron chi connectivity index (χ0n) is 21.1. The van der Waals surface area contributed by atoms with Crippen molar-refractivity contribution in [2.75, 3.05) is 0 Å². The molecule has 166 valence electrons. The molecule has 8 unspecified atom stereocenters. The van der Waals surface area contributed by atoms with Crippen molar-refractivity contribution in [1.82, 2.24) is 0 Å². The summed E-state index contributed by atoms with van der Waals surface area (Å²) in [6.45, 7) is 21.4. The van der Waals surface area contributed by atoms with Gasteiger partial charge in [-0.25, -0.2) is 0 Å². The van der Waals surface area contributed by atoms with Crippen LogP contribution in [0.4, 0.5) is 0 Å². The molecule has 5 fully saturated rings. The molecular weight excluding hydrogens is 348 g/mol. The van der Waals surface area contributed by atoms with Gasteiger partial charge in [0.2, 0.25) is 0 Å². The summed E-state index contributed by atoms with van der Waals surface area (Å²) in [6.07, 6.45) is 16.5. The number of hydrogen-bond donors (Lipinski definition) is 0. The lowest BCUT2D eigenvalue weighted by molar-refractivity contribution is -0.232. The van der Waals surface area contributed by atoms with Crippen LogP contribution in [0.5, 0.6) is 0 Å². The van der Waals surface area contributed by atoms with Gasteiger partial charge in [0, 0.05) is 0 Å². The summed E-state index contributed by atoms with van der Waals surface area (Å²) in [6, 6.07) is 0. The lowest BCUT2D eigenvalue weighted by Crippen LogP contribution is -2.64. The Balaban J connectivity index is 1.53. The zero-order chi connectivity index (χ0) is 21.1. The van der Waals surface area contributed by atoms with Gasteiger partial charge in [-0.15, -0.1) is 0 Å². The predicted octanol–water partition coefficient (Wildman–Crippen LogP) is 8.89. The Bertz CT molecular complexity index is 686. The highest BCUT2D eigenvalue weighted by Crippen LogP contribution is 2.77. The molecule has 0 aliphatic heterocycles. The molecule has 0 aromatic carbocycles. The van der Waals surface area contributed by atoms with E-state index in [4.69, 9.17) is 0 Å². The van der Waals surface area contributed by atoms with Crippen LogP contribution in [0.25, 0.3) is 0 Å². The first-order valence-corrected chi connectivity index (χ1v) is 13.3. The summed E-state index contributed by atoms with van der Waals surface area (Å²) in [4.78, 5) is 0. The van der Waals surface area contributed by atoms with E-state index in [1.54, 1.807) is 0 Å². The van der Waals surface area contributed by atoms with Gasteiger partial charge in [0.05, 0.1) is 0 Å². The van der Waals surface area contributed by atoms with Crippen molar-refractivity contribution in [1.29, 1.82) is 0 Å². The van der Waals surface area contributed by atoms with Crippen LogP contribution in [0.15, 0.2) is 0 Å². The monoisotopic (exact) mass is 398 g/mol. The molecule has 0 bridgehead atoms. The largest absolute Gasteiger partial charge is 0.0599 e. The van der Waals surface area contributed by atoms with Crippen molar-refractivity contribution >= 4 is 0 Å². The Labute approximate surface area is 182 Å². The number of hydrogen-bond acceptors (Lipinski definition) is 0. The minimum absolute atomic E-state index is 0.562. The van der Waals surface area contributed by atoms with E-state index in [1.807, 2.05) is 0 Å². The summed E-state index contributed by atoms with van der Waals surface area (Å²) in [5.41, 5.74) is 3.51. The molecule has 0 amide bonds. The van der Waals surface area contributed by atoms with Crippen LogP contribution in [0, 0.1) is 56.2 Å². The third kappa shape index (κ3) is 2.56. The van der Waals surface area contributed by atoms with E-state index in [-0.39, 0.29) is 0 Å². The van der Waals surface area contributed by atoms with Gasteiger partial charge >= 0.3 is 0 Å². The molecule has 29 heavy (non-hydrogen) atoms. The molecular formula is C29H50. The maximum Gasteiger partial charge on any atom is -0.0235 e. The molecule has 0 spiro atoms. The molecule has 5 rings (SSSR count). The Kier molecular flexibility index (Phi) is 4.22. The van der Waals surface area contributed by atoms with Crippen molar-refractivity contribution in [3.05, 3.63) is 0 Å². The number of fused-ring (bicyclic) bond motifs is 7. The van der Waals surface area contributed by atoms with E-state index < -0.39 is 0 Å². The second kappa shape index (κ2) is 5.86. The first-order valence-electron chi connectivity index (χ1n) is 13.3. The van der Waals surface area contributed by atoms with E-state index >= 15 is 0 Å². The van der Waals surface area contributed by atoms with Crippen molar-refractivity contribution < 1.29 is 0 Å². The van der Waals surface area contributed by atoms with Crippen molar-refractivity contribution in [3.63, 3.8) is 0 Å². The lowest BCUT2D eigenvalue weighted by Gasteiger charge is -2.72. The third-order valence-electron chi connectivity index (χ3n) is 12.9. The molecule has 0 saturated heterocycles. The van der Waals surface area contributed by atoms with E-state index in [0.29, 0.717) is 32.5 Å². The highest BCUT2D eigenvalue weighted by Gasteiger charge is 2.69. The molecule has 0 nitrogen and oxygen atoms in total. The number of rotatable bonds is 0. The van der Waals surface area contributed by atoms with Gasteiger partial charge in [0.15, 0.2) is 0 Å². The fourth-order valence-electron chi connectivity index (χ4n) is 11.8. The zero-order valence-corrected chi connectivity index (χ0v) is 21.1. The Morgan fingerprint density at radius 3 is 2.03 bits per heavy atom. The van der Waals surface area contributed by atoms with Crippen molar-refractivity contribution in [3.8, 4) is 0 Å². The van der Waals surface area contributed by atoms with Crippen molar-refractivity contribution in [2.45, 2.75) is 126 Å². The average Bonchev–Trinajstić information content (AvgIpc) is 2.84. The van der Waals surface area contributed by atoms with Crippen LogP contribution in [0.2, 0.25) is 0 Å². The van der Waals surface area contributed by atoms with E-state index in [9.17, 15) is 0 Å². The molecule has 0 aromatic heterocycles. The summed E-state index contributed by atoms with van der Waals surface area (Å²) in [7, 11) is 0. The van der Waals surface area contributed by atoms with Crippen LogP contribution < -0.4 is 0 Å². The SMILES string of the molecule is CC1(C)CC2C3CCC4C5(C)CCCC(C)(C)C5CCC4(C)C3(C)CCC2(C)C1. The van der Waals surface area contributed by atoms with Crippen LogP contribution >= 0.6 is 0 Å². The summed E-state index contributed by atoms with van der Waals surface area (Å²) in [5.74, 6) is 3.90. The van der Waals surface area contributed by atoms with E-state index in [2.05, 4.69) is 55.4 Å². The minimum atomic E-state index is 0.562. The summed E-state index contributed by atoms with van der Waals surface area (Å²) in [5, 5.41) is 0. The molecule has 8 atom stereocenters. The van der Waals surface area contributed by atoms with E-state index in [0.717, 1.165) is 23.7 Å². The molecule has 0 heteroatoms. The van der Waals surface area contributed by atoms with Gasteiger partial charge in [-0.2, -0.15) is 0 Å². The first kappa shape index (κ1) is 20.9. The summed E-state index contributed by atoms with van der Waals surface area (Å²) < 4.78 is 0. The maximum atomic E-state index is 2.80. The predicted molar refractivity (Wildman–Crippen MR) is 125 cm³/mol. The molecule has 5 aliphatic carbocycles. The second-order valence-corrected chi connectivity index (χ2v) is 15.3. The van der Waals surface area contributed by atoms with E-state index in [1.165, 1.54) is 70.6 Å². The Hall–Kier alpha value is 0. The highest BCUT2D eigenvalue weighted by molar-refractivity contribution is 5.18. The Morgan fingerprint density at radius 1 is 0.586 bits per heavy atom. The fourth-order valence-corrected chi connectivity index (χ4v) is 11.8. The standard InChI is InChI=1S/C29H50/c1-24(2)18-21-20-10-11-23-27(6)14-9-13-25(3,4)22(27)12-15-29(23,8)28(20,7)17-16-26(21,5)19-24/h20-23H,9-19H2,1-8H3. The highest BCUT2D eigenvalue weighted by atomic mass is 14.7. The van der Waals surface area contributed by atoms with Crippen LogP contribution in [0.1, 0.15) is 126 Å². The van der Waals surface area contributed by atoms with Gasteiger partial charge in [-0.1, -0.05) is 61.8 Å². The molecule has 5 saturated carbocycles. The molecule has 0 radical (unpaired) electrons. The van der Waals surface area contributed by atoms with Crippen LogP contribution in [-0.2, 0) is 0 Å². The lowest BCUT2D eigenvalue weighted by atomic mass is 9.33. The fraction of sp³-hybridized carbons (Fsp3) is 1.00. The first-order chi connectivity index (χ1) is 13.3. The average molecular weight is 399 g/mol. The quantitative estimate of drug-likeness (QED) is 0.382. The smallest absolute Gasteiger partial charge is 0.0235 e. The van der Waals surface area contributed by atoms with Crippen LogP contribution in [0.3, 0.4) is 0 Å². The van der Waals surface area contributed by atoms with Crippen molar-refractivity contribution in [2.24, 2.45) is 56.2 Å². The van der Waals surface area contributed by atoms with Gasteiger partial charge in [0.1, 0.15) is 0 Å². The minimum Gasteiger partial charge on any atom is -0.0599 e. The third-order valence-corrected chi connectivity index (χ3v) is 12.9. The maximum absolute atomic E-state index is 2.80. The van der Waals surface area contributed by atoms with Gasteiger partial charge < -0.3 is 0 Å². The van der Waals surface area contributed by atoms with Gasteiger partial charge in [-0.05, 0) is 120 Å². The van der Waals surface area contributed by atoms with Gasteiger partial charge in [0.25, 0.3) is 0 Å². The van der Waals surface area contributed by atoms with Gasteiger partial charge in [-0.3, -0.25) is 0 Å². The summed E-state index contributed by atoms with van der Waals surface area (Å²) >= 11 is 0. The topological polar surface area (TPSA) is 0 Å². The molecule has 0 N–H and O–H groups in total. The Morgan fingerprint density at radius 2 is 1.31 bits per heavy atom. The van der Waals surface area contributed by atoms with Crippen LogP contribution in [-0.4, -0.2) is 0 Å². The normalized spacial score (nSPS) is 57.9.